The molecule has 0 atom stereocenters. The predicted octanol–water partition coefficient (Wildman–Crippen LogP) is 3.81. The van der Waals surface area contributed by atoms with Crippen LogP contribution in [-0.2, 0) is 16.2 Å². The molecule has 1 aliphatic heterocycles. The number of urea groups is 1. The van der Waals surface area contributed by atoms with E-state index in [4.69, 9.17) is 4.74 Å². The Hall–Kier alpha value is -3.48. The monoisotopic (exact) mass is 408 g/mol. The van der Waals surface area contributed by atoms with Gasteiger partial charge in [0.15, 0.2) is 0 Å². The van der Waals surface area contributed by atoms with Crippen molar-refractivity contribution in [1.29, 1.82) is 0 Å². The standard InChI is InChI=1S/C23H21FN2O4/c24-20-8-4-1-5-16(20)14-30-18-11-9-15(10-12-18)13-19-21(27)25-23(29)26(22(19)28)17-6-2-3-7-17/h1,4-5,8-13,17H,2-3,6-7,14H2,(H,25,27,29)/b19-13+. The lowest BCUT2D eigenvalue weighted by molar-refractivity contribution is -0.131. The normalized spacial score (nSPS) is 18.8. The van der Waals surface area contributed by atoms with Gasteiger partial charge in [-0.3, -0.25) is 19.8 Å². The number of carbonyl (C=O) groups excluding carboxylic acids is 3. The molecule has 1 aliphatic carbocycles. The molecular formula is C23H21FN2O4. The maximum Gasteiger partial charge on any atom is 0.331 e. The first-order valence-electron chi connectivity index (χ1n) is 9.90. The Bertz CT molecular complexity index is 1010. The fourth-order valence-corrected chi connectivity index (χ4v) is 3.77. The second-order valence-corrected chi connectivity index (χ2v) is 7.38. The van der Waals surface area contributed by atoms with Crippen molar-refractivity contribution in [2.24, 2.45) is 0 Å². The summed E-state index contributed by atoms with van der Waals surface area (Å²) in [5.74, 6) is -1.06. The molecule has 7 heteroatoms. The Morgan fingerprint density at radius 3 is 2.43 bits per heavy atom. The summed E-state index contributed by atoms with van der Waals surface area (Å²) in [5.41, 5.74) is 0.999. The van der Waals surface area contributed by atoms with Crippen LogP contribution >= 0.6 is 0 Å². The van der Waals surface area contributed by atoms with E-state index in [1.807, 2.05) is 0 Å². The smallest absolute Gasteiger partial charge is 0.331 e. The van der Waals surface area contributed by atoms with E-state index in [1.165, 1.54) is 17.0 Å². The van der Waals surface area contributed by atoms with Crippen molar-refractivity contribution in [3.8, 4) is 5.75 Å². The third-order valence-electron chi connectivity index (χ3n) is 5.37. The van der Waals surface area contributed by atoms with Gasteiger partial charge >= 0.3 is 6.03 Å². The van der Waals surface area contributed by atoms with Crippen LogP contribution < -0.4 is 10.1 Å². The Morgan fingerprint density at radius 1 is 1.03 bits per heavy atom. The van der Waals surface area contributed by atoms with Crippen molar-refractivity contribution in [1.82, 2.24) is 10.2 Å². The summed E-state index contributed by atoms with van der Waals surface area (Å²) in [7, 11) is 0. The zero-order valence-corrected chi connectivity index (χ0v) is 16.3. The zero-order chi connectivity index (χ0) is 21.1. The van der Waals surface area contributed by atoms with E-state index in [-0.39, 0.29) is 24.0 Å². The molecule has 4 amide bonds. The fourth-order valence-electron chi connectivity index (χ4n) is 3.77. The fraction of sp³-hybridized carbons (Fsp3) is 0.261. The first-order chi connectivity index (χ1) is 14.5. The lowest BCUT2D eigenvalue weighted by atomic mass is 10.1. The second-order valence-electron chi connectivity index (χ2n) is 7.38. The van der Waals surface area contributed by atoms with Crippen molar-refractivity contribution in [2.45, 2.75) is 38.3 Å². The molecule has 0 bridgehead atoms. The zero-order valence-electron chi connectivity index (χ0n) is 16.3. The van der Waals surface area contributed by atoms with E-state index in [0.717, 1.165) is 25.7 Å². The molecule has 2 fully saturated rings. The Kier molecular flexibility index (Phi) is 5.61. The van der Waals surface area contributed by atoms with Crippen LogP contribution in [-0.4, -0.2) is 28.8 Å². The first kappa shape index (κ1) is 19.8. The highest BCUT2D eigenvalue weighted by atomic mass is 19.1. The molecule has 1 N–H and O–H groups in total. The molecule has 154 valence electrons. The molecule has 0 aromatic heterocycles. The number of rotatable bonds is 5. The summed E-state index contributed by atoms with van der Waals surface area (Å²) >= 11 is 0. The van der Waals surface area contributed by atoms with Crippen molar-refractivity contribution in [2.75, 3.05) is 0 Å². The van der Waals surface area contributed by atoms with E-state index in [0.29, 0.717) is 16.9 Å². The molecule has 6 nitrogen and oxygen atoms in total. The average Bonchev–Trinajstić information content (AvgIpc) is 3.25. The van der Waals surface area contributed by atoms with Crippen molar-refractivity contribution in [3.63, 3.8) is 0 Å². The van der Waals surface area contributed by atoms with Gasteiger partial charge in [-0.1, -0.05) is 43.2 Å². The Labute approximate surface area is 173 Å². The summed E-state index contributed by atoms with van der Waals surface area (Å²) in [6.45, 7) is 0.0897. The van der Waals surface area contributed by atoms with Gasteiger partial charge in [0.05, 0.1) is 0 Å². The maximum atomic E-state index is 13.7. The number of amides is 4. The molecule has 2 aliphatic rings. The van der Waals surface area contributed by atoms with Crippen LogP contribution in [0.2, 0.25) is 0 Å². The molecule has 30 heavy (non-hydrogen) atoms. The summed E-state index contributed by atoms with van der Waals surface area (Å²) in [4.78, 5) is 38.4. The van der Waals surface area contributed by atoms with Crippen LogP contribution in [0.3, 0.4) is 0 Å². The van der Waals surface area contributed by atoms with Crippen LogP contribution in [0.25, 0.3) is 6.08 Å². The van der Waals surface area contributed by atoms with Gasteiger partial charge < -0.3 is 4.74 Å². The molecule has 0 radical (unpaired) electrons. The quantitative estimate of drug-likeness (QED) is 0.603. The van der Waals surface area contributed by atoms with Gasteiger partial charge in [0.25, 0.3) is 11.8 Å². The Balaban J connectivity index is 1.48. The predicted molar refractivity (Wildman–Crippen MR) is 108 cm³/mol. The van der Waals surface area contributed by atoms with Gasteiger partial charge in [-0.15, -0.1) is 0 Å². The van der Waals surface area contributed by atoms with Crippen LogP contribution in [0.1, 0.15) is 36.8 Å². The van der Waals surface area contributed by atoms with E-state index >= 15 is 0 Å². The van der Waals surface area contributed by atoms with Crippen molar-refractivity contribution < 1.29 is 23.5 Å². The summed E-state index contributed by atoms with van der Waals surface area (Å²) in [5, 5.41) is 2.26. The number of hydrogen-bond donors (Lipinski definition) is 1. The molecule has 0 unspecified atom stereocenters. The highest BCUT2D eigenvalue weighted by molar-refractivity contribution is 6.31. The third kappa shape index (κ3) is 4.10. The van der Waals surface area contributed by atoms with Gasteiger partial charge in [-0.05, 0) is 42.7 Å². The third-order valence-corrected chi connectivity index (χ3v) is 5.37. The topological polar surface area (TPSA) is 75.7 Å². The highest BCUT2D eigenvalue weighted by Crippen LogP contribution is 2.27. The minimum atomic E-state index is -0.695. The van der Waals surface area contributed by atoms with Crippen LogP contribution in [0.15, 0.2) is 54.1 Å². The number of ether oxygens (including phenoxy) is 1. The average molecular weight is 408 g/mol. The van der Waals surface area contributed by atoms with E-state index < -0.39 is 17.8 Å². The number of imide groups is 2. The number of carbonyl (C=O) groups is 3. The van der Waals surface area contributed by atoms with Crippen molar-refractivity contribution >= 4 is 23.9 Å². The molecule has 2 aromatic carbocycles. The Morgan fingerprint density at radius 2 is 1.73 bits per heavy atom. The molecule has 4 rings (SSSR count). The lowest BCUT2D eigenvalue weighted by Crippen LogP contribution is -2.57. The molecular weight excluding hydrogens is 387 g/mol. The number of nitrogens with one attached hydrogen (secondary N) is 1. The van der Waals surface area contributed by atoms with Gasteiger partial charge in [-0.2, -0.15) is 0 Å². The first-order valence-corrected chi connectivity index (χ1v) is 9.90. The van der Waals surface area contributed by atoms with Crippen LogP contribution in [0, 0.1) is 5.82 Å². The van der Waals surface area contributed by atoms with Gasteiger partial charge in [0.2, 0.25) is 0 Å². The summed E-state index contributed by atoms with van der Waals surface area (Å²) in [6.07, 6.45) is 4.90. The SMILES string of the molecule is O=C1NC(=O)N(C2CCCC2)C(=O)/C1=C/c1ccc(OCc2ccccc2F)cc1. The van der Waals surface area contributed by atoms with Gasteiger partial charge in [-0.25, -0.2) is 9.18 Å². The molecule has 1 saturated carbocycles. The highest BCUT2D eigenvalue weighted by Gasteiger charge is 2.40. The molecule has 1 saturated heterocycles. The summed E-state index contributed by atoms with van der Waals surface area (Å²) in [6, 6.07) is 12.3. The van der Waals surface area contributed by atoms with Crippen molar-refractivity contribution in [3.05, 3.63) is 71.0 Å². The molecule has 2 aromatic rings. The second kappa shape index (κ2) is 8.49. The van der Waals surface area contributed by atoms with E-state index in [2.05, 4.69) is 5.32 Å². The molecule has 1 heterocycles. The minimum Gasteiger partial charge on any atom is -0.489 e. The number of nitrogens with zero attached hydrogens (tertiary/aromatic N) is 1. The van der Waals surface area contributed by atoms with E-state index in [1.54, 1.807) is 42.5 Å². The summed E-state index contributed by atoms with van der Waals surface area (Å²) < 4.78 is 19.3. The largest absolute Gasteiger partial charge is 0.489 e. The number of hydrogen-bond acceptors (Lipinski definition) is 4. The van der Waals surface area contributed by atoms with E-state index in [9.17, 15) is 18.8 Å². The minimum absolute atomic E-state index is 0.0680. The maximum absolute atomic E-state index is 13.7. The molecule has 0 spiro atoms. The number of barbiturate groups is 1. The lowest BCUT2D eigenvalue weighted by Gasteiger charge is -2.31. The number of halogens is 1. The van der Waals surface area contributed by atoms with Gasteiger partial charge in [0.1, 0.15) is 23.7 Å². The van der Waals surface area contributed by atoms with Crippen LogP contribution in [0.5, 0.6) is 5.75 Å². The van der Waals surface area contributed by atoms with Crippen LogP contribution in [0.4, 0.5) is 9.18 Å². The number of benzene rings is 2. The van der Waals surface area contributed by atoms with Gasteiger partial charge in [0, 0.05) is 11.6 Å².